The van der Waals surface area contributed by atoms with Crippen LogP contribution in [0.5, 0.6) is 0 Å². The van der Waals surface area contributed by atoms with E-state index >= 15 is 0 Å². The van der Waals surface area contributed by atoms with Crippen molar-refractivity contribution in [2.24, 2.45) is 0 Å². The minimum Gasteiger partial charge on any atom is -0.309 e. The van der Waals surface area contributed by atoms with Crippen molar-refractivity contribution in [3.05, 3.63) is 70.8 Å². The molecule has 0 saturated heterocycles. The molecule has 17 heavy (non-hydrogen) atoms. The van der Waals surface area contributed by atoms with Crippen LogP contribution in [-0.2, 0) is 13.0 Å². The number of hydrogen-bond acceptors (Lipinski definition) is 1. The first-order valence-electron chi connectivity index (χ1n) is 6.32. The number of rotatable bonds is 0. The van der Waals surface area contributed by atoms with Gasteiger partial charge in [0.25, 0.3) is 0 Å². The van der Waals surface area contributed by atoms with Crippen LogP contribution in [0.3, 0.4) is 0 Å². The fourth-order valence-electron chi connectivity index (χ4n) is 3.41. The molecule has 2 aromatic rings. The molecule has 0 bridgehead atoms. The molecular weight excluding hydrogens is 206 g/mol. The van der Waals surface area contributed by atoms with Crippen LogP contribution in [0.4, 0.5) is 0 Å². The van der Waals surface area contributed by atoms with Crippen LogP contribution in [0, 0.1) is 0 Å². The lowest BCUT2D eigenvalue weighted by atomic mass is 9.84. The molecule has 1 N–H and O–H groups in total. The topological polar surface area (TPSA) is 12.0 Å². The standard InChI is InChI=1S/C16H15N/c1-3-7-13-11(5-1)9-15-16(13)14-8-4-2-6-12(14)10-17-15/h1-8,15-17H,9-10H2. The van der Waals surface area contributed by atoms with Gasteiger partial charge in [0.1, 0.15) is 0 Å². The Balaban J connectivity index is 1.92. The Morgan fingerprint density at radius 3 is 2.29 bits per heavy atom. The number of benzene rings is 2. The quantitative estimate of drug-likeness (QED) is 0.721. The summed E-state index contributed by atoms with van der Waals surface area (Å²) in [4.78, 5) is 0. The van der Waals surface area contributed by atoms with Crippen molar-refractivity contribution in [1.29, 1.82) is 0 Å². The Kier molecular flexibility index (Phi) is 1.91. The average Bonchev–Trinajstić information content (AvgIpc) is 2.77. The van der Waals surface area contributed by atoms with E-state index < -0.39 is 0 Å². The summed E-state index contributed by atoms with van der Waals surface area (Å²) in [6.07, 6.45) is 1.18. The minimum atomic E-state index is 0.566. The summed E-state index contributed by atoms with van der Waals surface area (Å²) in [5, 5.41) is 3.68. The molecule has 0 fully saturated rings. The van der Waals surface area contributed by atoms with Gasteiger partial charge in [0.15, 0.2) is 0 Å². The van der Waals surface area contributed by atoms with Gasteiger partial charge in [0, 0.05) is 18.5 Å². The van der Waals surface area contributed by atoms with E-state index in [1.165, 1.54) is 28.7 Å². The van der Waals surface area contributed by atoms with E-state index in [0.717, 1.165) is 6.54 Å². The third-order valence-corrected chi connectivity index (χ3v) is 4.18. The first kappa shape index (κ1) is 9.43. The lowest BCUT2D eigenvalue weighted by Gasteiger charge is -2.30. The zero-order valence-electron chi connectivity index (χ0n) is 9.69. The molecule has 1 aliphatic heterocycles. The van der Waals surface area contributed by atoms with E-state index in [1.807, 2.05) is 0 Å². The van der Waals surface area contributed by atoms with Crippen LogP contribution < -0.4 is 5.32 Å². The zero-order valence-corrected chi connectivity index (χ0v) is 9.69. The van der Waals surface area contributed by atoms with E-state index in [4.69, 9.17) is 0 Å². The van der Waals surface area contributed by atoms with E-state index in [0.29, 0.717) is 12.0 Å². The van der Waals surface area contributed by atoms with Crippen molar-refractivity contribution < 1.29 is 0 Å². The fraction of sp³-hybridized carbons (Fsp3) is 0.250. The van der Waals surface area contributed by atoms with Gasteiger partial charge in [-0.25, -0.2) is 0 Å². The molecule has 0 amide bonds. The van der Waals surface area contributed by atoms with Crippen LogP contribution in [0.1, 0.15) is 28.2 Å². The van der Waals surface area contributed by atoms with Gasteiger partial charge >= 0.3 is 0 Å². The third-order valence-electron chi connectivity index (χ3n) is 4.18. The van der Waals surface area contributed by atoms with Crippen LogP contribution in [-0.4, -0.2) is 6.04 Å². The molecule has 1 nitrogen and oxygen atoms in total. The smallest absolute Gasteiger partial charge is 0.0252 e. The molecular formula is C16H15N. The van der Waals surface area contributed by atoms with Gasteiger partial charge in [-0.05, 0) is 28.7 Å². The minimum absolute atomic E-state index is 0.566. The van der Waals surface area contributed by atoms with Crippen LogP contribution in [0.15, 0.2) is 48.5 Å². The predicted octanol–water partition coefficient (Wildman–Crippen LogP) is 2.85. The maximum Gasteiger partial charge on any atom is 0.0252 e. The molecule has 4 rings (SSSR count). The molecule has 2 atom stereocenters. The molecule has 2 aromatic carbocycles. The van der Waals surface area contributed by atoms with Gasteiger partial charge in [-0.15, -0.1) is 0 Å². The molecule has 2 aliphatic rings. The fourth-order valence-corrected chi connectivity index (χ4v) is 3.41. The summed E-state index contributed by atoms with van der Waals surface area (Å²) in [5.74, 6) is 0.566. The van der Waals surface area contributed by atoms with Gasteiger partial charge in [-0.3, -0.25) is 0 Å². The van der Waals surface area contributed by atoms with Crippen molar-refractivity contribution in [2.75, 3.05) is 0 Å². The molecule has 0 spiro atoms. The summed E-state index contributed by atoms with van der Waals surface area (Å²) in [6, 6.07) is 18.4. The highest BCUT2D eigenvalue weighted by molar-refractivity contribution is 5.48. The number of hydrogen-bond donors (Lipinski definition) is 1. The van der Waals surface area contributed by atoms with Crippen molar-refractivity contribution in [3.8, 4) is 0 Å². The van der Waals surface area contributed by atoms with Crippen molar-refractivity contribution >= 4 is 0 Å². The summed E-state index contributed by atoms with van der Waals surface area (Å²) in [7, 11) is 0. The Bertz CT molecular complexity index is 573. The first-order chi connectivity index (χ1) is 8.43. The molecule has 1 heteroatoms. The van der Waals surface area contributed by atoms with Crippen molar-refractivity contribution in [3.63, 3.8) is 0 Å². The summed E-state index contributed by atoms with van der Waals surface area (Å²) >= 11 is 0. The molecule has 0 radical (unpaired) electrons. The second-order valence-electron chi connectivity index (χ2n) is 5.07. The summed E-state index contributed by atoms with van der Waals surface area (Å²) in [6.45, 7) is 1.02. The van der Waals surface area contributed by atoms with E-state index in [-0.39, 0.29) is 0 Å². The molecule has 0 aromatic heterocycles. The normalized spacial score (nSPS) is 24.9. The lowest BCUT2D eigenvalue weighted by molar-refractivity contribution is 0.462. The van der Waals surface area contributed by atoms with Crippen molar-refractivity contribution in [1.82, 2.24) is 5.32 Å². The third kappa shape index (κ3) is 1.29. The molecule has 0 saturated carbocycles. The Morgan fingerprint density at radius 1 is 0.824 bits per heavy atom. The van der Waals surface area contributed by atoms with Gasteiger partial charge in [-0.1, -0.05) is 48.5 Å². The average molecular weight is 221 g/mol. The zero-order chi connectivity index (χ0) is 11.2. The lowest BCUT2D eigenvalue weighted by Crippen LogP contribution is -2.37. The van der Waals surface area contributed by atoms with Crippen molar-refractivity contribution in [2.45, 2.75) is 24.9 Å². The Labute approximate surface area is 101 Å². The first-order valence-corrected chi connectivity index (χ1v) is 6.32. The SMILES string of the molecule is c1ccc2c(c1)CNC1Cc3ccccc3C21. The van der Waals surface area contributed by atoms with E-state index in [1.54, 1.807) is 0 Å². The highest BCUT2D eigenvalue weighted by atomic mass is 14.9. The molecule has 1 aliphatic carbocycles. The monoisotopic (exact) mass is 221 g/mol. The van der Waals surface area contributed by atoms with Gasteiger partial charge in [0.2, 0.25) is 0 Å². The molecule has 1 heterocycles. The molecule has 84 valence electrons. The van der Waals surface area contributed by atoms with Gasteiger partial charge in [-0.2, -0.15) is 0 Å². The predicted molar refractivity (Wildman–Crippen MR) is 69.1 cm³/mol. The maximum atomic E-state index is 3.68. The van der Waals surface area contributed by atoms with Crippen LogP contribution >= 0.6 is 0 Å². The second kappa shape index (κ2) is 3.44. The maximum absolute atomic E-state index is 3.68. The molecule has 2 unspecified atom stereocenters. The van der Waals surface area contributed by atoms with E-state index in [2.05, 4.69) is 53.8 Å². The number of fused-ring (bicyclic) bond motifs is 5. The summed E-state index contributed by atoms with van der Waals surface area (Å²) in [5.41, 5.74) is 6.04. The van der Waals surface area contributed by atoms with Gasteiger partial charge in [0.05, 0.1) is 0 Å². The number of nitrogens with one attached hydrogen (secondary N) is 1. The van der Waals surface area contributed by atoms with Crippen LogP contribution in [0.25, 0.3) is 0 Å². The van der Waals surface area contributed by atoms with E-state index in [9.17, 15) is 0 Å². The highest BCUT2D eigenvalue weighted by Gasteiger charge is 2.36. The summed E-state index contributed by atoms with van der Waals surface area (Å²) < 4.78 is 0. The Morgan fingerprint density at radius 2 is 1.47 bits per heavy atom. The van der Waals surface area contributed by atoms with Gasteiger partial charge < -0.3 is 5.32 Å². The Hall–Kier alpha value is -1.60. The second-order valence-corrected chi connectivity index (χ2v) is 5.07. The largest absolute Gasteiger partial charge is 0.309 e. The van der Waals surface area contributed by atoms with Crippen LogP contribution in [0.2, 0.25) is 0 Å². The highest BCUT2D eigenvalue weighted by Crippen LogP contribution is 2.41.